The van der Waals surface area contributed by atoms with Crippen LogP contribution in [0.4, 0.5) is 14.6 Å². The number of nitrogens with one attached hydrogen (secondary N) is 1. The molecule has 0 bridgehead atoms. The molecule has 0 saturated heterocycles. The molecular weight excluding hydrogens is 336 g/mol. The van der Waals surface area contributed by atoms with Crippen LogP contribution in [0.25, 0.3) is 0 Å². The van der Waals surface area contributed by atoms with Crippen LogP contribution in [-0.2, 0) is 6.54 Å². The van der Waals surface area contributed by atoms with E-state index >= 15 is 0 Å². The van der Waals surface area contributed by atoms with E-state index in [4.69, 9.17) is 0 Å². The van der Waals surface area contributed by atoms with Crippen molar-refractivity contribution in [3.8, 4) is 0 Å². The number of aliphatic imine (C=N–C) groups is 1. The van der Waals surface area contributed by atoms with Crippen LogP contribution in [0.3, 0.4) is 0 Å². The average Bonchev–Trinajstić information content (AvgIpc) is 3.01. The first-order valence-corrected chi connectivity index (χ1v) is 8.91. The number of aromatic nitrogens is 3. The third-order valence-electron chi connectivity index (χ3n) is 4.95. The Morgan fingerprint density at radius 1 is 1.15 bits per heavy atom. The van der Waals surface area contributed by atoms with Crippen molar-refractivity contribution in [1.29, 1.82) is 0 Å². The molecule has 0 spiro atoms. The van der Waals surface area contributed by atoms with Gasteiger partial charge in [-0.15, -0.1) is 0 Å². The summed E-state index contributed by atoms with van der Waals surface area (Å²) in [4.78, 5) is 18.0. The molecule has 0 atom stereocenters. The molecular formula is C19H21F2N5. The van der Waals surface area contributed by atoms with Gasteiger partial charge in [-0.1, -0.05) is 0 Å². The zero-order valence-corrected chi connectivity index (χ0v) is 14.9. The van der Waals surface area contributed by atoms with Crippen LogP contribution in [0.15, 0.2) is 23.3 Å². The first kappa shape index (κ1) is 17.0. The van der Waals surface area contributed by atoms with Gasteiger partial charge >= 0.3 is 0 Å². The molecule has 0 unspecified atom stereocenters. The Bertz CT molecular complexity index is 848. The molecule has 0 aromatic carbocycles. The Morgan fingerprint density at radius 2 is 1.92 bits per heavy atom. The van der Waals surface area contributed by atoms with Crippen molar-refractivity contribution in [2.75, 3.05) is 5.32 Å². The maximum Gasteiger partial charge on any atom is 0.248 e. The van der Waals surface area contributed by atoms with Crippen molar-refractivity contribution >= 4 is 11.5 Å². The number of halogens is 2. The number of rotatable bonds is 3. The lowest BCUT2D eigenvalue weighted by atomic mass is 9.92. The van der Waals surface area contributed by atoms with Gasteiger partial charge in [0.25, 0.3) is 0 Å². The quantitative estimate of drug-likeness (QED) is 0.907. The maximum absolute atomic E-state index is 13.4. The van der Waals surface area contributed by atoms with Crippen molar-refractivity contribution in [2.45, 2.75) is 58.0 Å². The number of fused-ring (bicyclic) bond motifs is 1. The van der Waals surface area contributed by atoms with E-state index in [-0.39, 0.29) is 18.9 Å². The number of aryl methyl sites for hydroxylation is 2. The molecule has 1 fully saturated rings. The third kappa shape index (κ3) is 3.30. The van der Waals surface area contributed by atoms with Gasteiger partial charge < -0.3 is 5.32 Å². The van der Waals surface area contributed by atoms with Crippen LogP contribution in [0.1, 0.15) is 54.0 Å². The van der Waals surface area contributed by atoms with E-state index in [0.29, 0.717) is 31.0 Å². The summed E-state index contributed by atoms with van der Waals surface area (Å²) in [6.07, 6.45) is 2.47. The summed E-state index contributed by atoms with van der Waals surface area (Å²) >= 11 is 0. The van der Waals surface area contributed by atoms with Crippen molar-refractivity contribution in [1.82, 2.24) is 15.0 Å². The zero-order chi connectivity index (χ0) is 18.3. The molecule has 2 aliphatic rings. The molecule has 1 aliphatic carbocycles. The second kappa shape index (κ2) is 6.37. The minimum atomic E-state index is -2.53. The number of hydrogen-bond acceptors (Lipinski definition) is 5. The number of nitrogens with zero attached hydrogens (tertiary/aromatic N) is 4. The molecule has 2 aromatic heterocycles. The summed E-state index contributed by atoms with van der Waals surface area (Å²) in [6.45, 7) is 4.36. The van der Waals surface area contributed by atoms with Crippen LogP contribution < -0.4 is 5.32 Å². The first-order chi connectivity index (χ1) is 12.4. The molecule has 1 aliphatic heterocycles. The van der Waals surface area contributed by atoms with Crippen LogP contribution >= 0.6 is 0 Å². The number of hydrogen-bond donors (Lipinski definition) is 1. The fourth-order valence-electron chi connectivity index (χ4n) is 3.68. The lowest BCUT2D eigenvalue weighted by molar-refractivity contribution is -0.0361. The molecule has 0 radical (unpaired) electrons. The molecule has 3 heterocycles. The minimum Gasteiger partial charge on any atom is -0.367 e. The van der Waals surface area contributed by atoms with Gasteiger partial charge in [0.1, 0.15) is 11.6 Å². The number of anilines is 1. The Labute approximate surface area is 151 Å². The van der Waals surface area contributed by atoms with Gasteiger partial charge in [0.2, 0.25) is 5.92 Å². The van der Waals surface area contributed by atoms with Crippen molar-refractivity contribution in [3.63, 3.8) is 0 Å². The zero-order valence-electron chi connectivity index (χ0n) is 14.9. The van der Waals surface area contributed by atoms with Crippen LogP contribution in [0.5, 0.6) is 0 Å². The Kier molecular flexibility index (Phi) is 4.17. The predicted octanol–water partition coefficient (Wildman–Crippen LogP) is 3.83. The van der Waals surface area contributed by atoms with E-state index in [0.717, 1.165) is 28.2 Å². The molecule has 136 valence electrons. The molecule has 7 heteroatoms. The summed E-state index contributed by atoms with van der Waals surface area (Å²) in [5, 5.41) is 3.38. The maximum atomic E-state index is 13.4. The SMILES string of the molecule is Cc1cc(C2=NCc3ccnc(NC4CCC(F)(F)CC4)c32)nc(C)n1. The minimum absolute atomic E-state index is 0.00402. The molecule has 5 nitrogen and oxygen atoms in total. The van der Waals surface area contributed by atoms with Crippen LogP contribution in [-0.4, -0.2) is 32.6 Å². The van der Waals surface area contributed by atoms with Crippen LogP contribution in [0, 0.1) is 13.8 Å². The van der Waals surface area contributed by atoms with E-state index < -0.39 is 5.92 Å². The highest BCUT2D eigenvalue weighted by Crippen LogP contribution is 2.35. The molecule has 26 heavy (non-hydrogen) atoms. The van der Waals surface area contributed by atoms with Gasteiger partial charge in [-0.3, -0.25) is 4.99 Å². The summed E-state index contributed by atoms with van der Waals surface area (Å²) in [5.74, 6) is -1.13. The van der Waals surface area contributed by atoms with E-state index in [1.54, 1.807) is 6.20 Å². The van der Waals surface area contributed by atoms with Gasteiger partial charge in [-0.25, -0.2) is 23.7 Å². The van der Waals surface area contributed by atoms with Gasteiger partial charge in [0, 0.05) is 36.3 Å². The van der Waals surface area contributed by atoms with E-state index in [9.17, 15) is 8.78 Å². The topological polar surface area (TPSA) is 63.1 Å². The van der Waals surface area contributed by atoms with Crippen molar-refractivity contribution in [3.05, 3.63) is 46.7 Å². The van der Waals surface area contributed by atoms with Gasteiger partial charge in [-0.2, -0.15) is 0 Å². The largest absolute Gasteiger partial charge is 0.367 e. The van der Waals surface area contributed by atoms with Crippen LogP contribution in [0.2, 0.25) is 0 Å². The number of pyridine rings is 1. The van der Waals surface area contributed by atoms with E-state index in [1.165, 1.54) is 0 Å². The monoisotopic (exact) mass is 357 g/mol. The predicted molar refractivity (Wildman–Crippen MR) is 95.9 cm³/mol. The Hall–Kier alpha value is -2.44. The van der Waals surface area contributed by atoms with Gasteiger partial charge in [-0.05, 0) is 44.4 Å². The van der Waals surface area contributed by atoms with Gasteiger partial charge in [0.05, 0.1) is 18.0 Å². The summed E-state index contributed by atoms with van der Waals surface area (Å²) in [6, 6.07) is 3.87. The smallest absolute Gasteiger partial charge is 0.248 e. The lowest BCUT2D eigenvalue weighted by Gasteiger charge is -2.29. The van der Waals surface area contributed by atoms with Crippen molar-refractivity contribution < 1.29 is 8.78 Å². The lowest BCUT2D eigenvalue weighted by Crippen LogP contribution is -2.32. The highest BCUT2D eigenvalue weighted by molar-refractivity contribution is 6.16. The Balaban J connectivity index is 1.64. The summed E-state index contributed by atoms with van der Waals surface area (Å²) < 4.78 is 26.8. The molecule has 1 saturated carbocycles. The molecule has 2 aromatic rings. The van der Waals surface area contributed by atoms with Crippen molar-refractivity contribution in [2.24, 2.45) is 4.99 Å². The standard InChI is InChI=1S/C19H21F2N5/c1-11-9-15(25-12(2)24-11)17-16-13(10-23-17)5-8-22-18(16)26-14-3-6-19(20,21)7-4-14/h5,8-9,14H,3-4,6-7,10H2,1-2H3,(H,22,26). The Morgan fingerprint density at radius 3 is 2.65 bits per heavy atom. The van der Waals surface area contributed by atoms with Gasteiger partial charge in [0.15, 0.2) is 0 Å². The summed E-state index contributed by atoms with van der Waals surface area (Å²) in [5.41, 5.74) is 4.47. The second-order valence-electron chi connectivity index (χ2n) is 7.07. The number of alkyl halides is 2. The molecule has 1 N–H and O–H groups in total. The molecule has 0 amide bonds. The second-order valence-corrected chi connectivity index (χ2v) is 7.07. The van der Waals surface area contributed by atoms with E-state index in [2.05, 4.69) is 25.3 Å². The first-order valence-electron chi connectivity index (χ1n) is 8.91. The fourth-order valence-corrected chi connectivity index (χ4v) is 3.68. The average molecular weight is 357 g/mol. The molecule has 4 rings (SSSR count). The van der Waals surface area contributed by atoms with E-state index in [1.807, 2.05) is 26.0 Å². The third-order valence-corrected chi connectivity index (χ3v) is 4.95. The normalized spacial score (nSPS) is 19.2. The highest BCUT2D eigenvalue weighted by Gasteiger charge is 2.35. The highest BCUT2D eigenvalue weighted by atomic mass is 19.3. The summed E-state index contributed by atoms with van der Waals surface area (Å²) in [7, 11) is 0. The fraction of sp³-hybridized carbons (Fsp3) is 0.474.